The van der Waals surface area contributed by atoms with Crippen LogP contribution in [0.2, 0.25) is 0 Å². The van der Waals surface area contributed by atoms with Crippen molar-refractivity contribution in [3.8, 4) is 0 Å². The summed E-state index contributed by atoms with van der Waals surface area (Å²) in [6.07, 6.45) is 6.89. The summed E-state index contributed by atoms with van der Waals surface area (Å²) in [5.41, 5.74) is -1.09. The second-order valence-electron chi connectivity index (χ2n) is 9.82. The van der Waals surface area contributed by atoms with E-state index in [1.54, 1.807) is 15.9 Å². The van der Waals surface area contributed by atoms with Gasteiger partial charge in [-0.3, -0.25) is 14.4 Å². The summed E-state index contributed by atoms with van der Waals surface area (Å²) in [6, 6.07) is -0.852. The van der Waals surface area contributed by atoms with Crippen LogP contribution in [-0.4, -0.2) is 87.6 Å². The summed E-state index contributed by atoms with van der Waals surface area (Å²) in [5.74, 6) is -2.42. The van der Waals surface area contributed by atoms with Crippen molar-refractivity contribution >= 4 is 33.7 Å². The highest BCUT2D eigenvalue weighted by Gasteiger charge is 2.77. The van der Waals surface area contributed by atoms with Gasteiger partial charge in [-0.1, -0.05) is 48.0 Å². The fourth-order valence-corrected chi connectivity index (χ4v) is 7.03. The first kappa shape index (κ1) is 27.9. The van der Waals surface area contributed by atoms with Crippen LogP contribution in [0.25, 0.3) is 0 Å². The molecule has 0 aromatic rings. The van der Waals surface area contributed by atoms with Crippen LogP contribution in [0.15, 0.2) is 25.3 Å². The molecule has 0 saturated carbocycles. The largest absolute Gasteiger partial charge is 0.461 e. The van der Waals surface area contributed by atoms with Crippen molar-refractivity contribution < 1.29 is 29.0 Å². The van der Waals surface area contributed by atoms with Gasteiger partial charge in [-0.05, 0) is 39.0 Å². The van der Waals surface area contributed by atoms with Crippen LogP contribution in [0.3, 0.4) is 0 Å². The Labute approximate surface area is 216 Å². The molecule has 0 aromatic heterocycles. The molecule has 3 heterocycles. The normalized spacial score (nSPS) is 31.8. The average Bonchev–Trinajstić information content (AvgIpc) is 3.42. The van der Waals surface area contributed by atoms with Crippen molar-refractivity contribution in [3.05, 3.63) is 25.3 Å². The number of likely N-dealkylation sites (tertiary alicyclic amines) is 1. The molecule has 3 fully saturated rings. The Kier molecular flexibility index (Phi) is 9.57. The third-order valence-corrected chi connectivity index (χ3v) is 8.39. The number of nitrogens with zero attached hydrogens (tertiary/aromatic N) is 2. The van der Waals surface area contributed by atoms with E-state index in [0.29, 0.717) is 32.4 Å². The zero-order valence-corrected chi connectivity index (χ0v) is 22.5. The minimum atomic E-state index is -1.09. The van der Waals surface area contributed by atoms with Gasteiger partial charge in [0.2, 0.25) is 11.8 Å². The molecule has 3 rings (SSSR count). The molecule has 1 N–H and O–H groups in total. The lowest BCUT2D eigenvalue weighted by Gasteiger charge is -2.39. The Morgan fingerprint density at radius 1 is 1.34 bits per heavy atom. The number of aliphatic hydroxyl groups excluding tert-OH is 1. The fraction of sp³-hybridized carbons (Fsp3) is 0.731. The van der Waals surface area contributed by atoms with E-state index in [0.717, 1.165) is 19.3 Å². The van der Waals surface area contributed by atoms with Gasteiger partial charge in [-0.2, -0.15) is 0 Å². The quantitative estimate of drug-likeness (QED) is 0.153. The lowest BCUT2D eigenvalue weighted by atomic mass is 9.70. The first-order valence-corrected chi connectivity index (χ1v) is 13.6. The molecule has 3 saturated heterocycles. The topological polar surface area (TPSA) is 96.4 Å². The molecule has 7 atom stereocenters. The summed E-state index contributed by atoms with van der Waals surface area (Å²) < 4.78 is 11.9. The van der Waals surface area contributed by atoms with Crippen molar-refractivity contribution in [1.29, 1.82) is 0 Å². The number of esters is 1. The third kappa shape index (κ3) is 5.09. The lowest BCUT2D eigenvalue weighted by Crippen LogP contribution is -2.58. The number of unbranched alkanes of at least 4 members (excludes halogenated alkanes) is 2. The molecular formula is C26H39BrN2O6. The van der Waals surface area contributed by atoms with Crippen LogP contribution in [0.4, 0.5) is 0 Å². The van der Waals surface area contributed by atoms with Gasteiger partial charge in [-0.15, -0.1) is 6.58 Å². The van der Waals surface area contributed by atoms with Crippen molar-refractivity contribution in [2.45, 2.75) is 81.0 Å². The predicted octanol–water partition coefficient (Wildman–Crippen LogP) is 2.83. The number of ether oxygens (including phenoxy) is 2. The molecule has 0 radical (unpaired) electrons. The number of carbonyl (C=O) groups is 3. The predicted molar refractivity (Wildman–Crippen MR) is 136 cm³/mol. The van der Waals surface area contributed by atoms with Gasteiger partial charge in [0.25, 0.3) is 0 Å². The fourth-order valence-electron chi connectivity index (χ4n) is 6.08. The van der Waals surface area contributed by atoms with Gasteiger partial charge >= 0.3 is 5.97 Å². The first-order valence-electron chi connectivity index (χ1n) is 12.7. The molecule has 196 valence electrons. The summed E-state index contributed by atoms with van der Waals surface area (Å²) >= 11 is 3.66. The second kappa shape index (κ2) is 12.0. The second-order valence-corrected chi connectivity index (χ2v) is 11.0. The molecule has 4 unspecified atom stereocenters. The number of hydrogen-bond acceptors (Lipinski definition) is 6. The van der Waals surface area contributed by atoms with Gasteiger partial charge < -0.3 is 24.4 Å². The number of halogens is 1. The van der Waals surface area contributed by atoms with Crippen molar-refractivity contribution in [1.82, 2.24) is 9.80 Å². The number of fused-ring (bicyclic) bond motifs is 1. The number of rotatable bonds is 14. The number of carbonyl (C=O) groups excluding carboxylic acids is 3. The Balaban J connectivity index is 2.00. The van der Waals surface area contributed by atoms with Gasteiger partial charge in [0.15, 0.2) is 0 Å². The first-order chi connectivity index (χ1) is 16.8. The molecule has 1 spiro atoms. The maximum atomic E-state index is 14.2. The van der Waals surface area contributed by atoms with Gasteiger partial charge in [0, 0.05) is 30.6 Å². The maximum absolute atomic E-state index is 14.2. The summed E-state index contributed by atoms with van der Waals surface area (Å²) in [6.45, 7) is 12.4. The number of hydrogen-bond donors (Lipinski definition) is 1. The van der Waals surface area contributed by atoms with E-state index < -0.39 is 35.6 Å². The minimum Gasteiger partial charge on any atom is -0.461 e. The maximum Gasteiger partial charge on any atom is 0.312 e. The monoisotopic (exact) mass is 554 g/mol. The Hall–Kier alpha value is -1.71. The zero-order chi connectivity index (χ0) is 25.8. The summed E-state index contributed by atoms with van der Waals surface area (Å²) in [7, 11) is 0. The lowest BCUT2D eigenvalue weighted by molar-refractivity contribution is -0.154. The van der Waals surface area contributed by atoms with E-state index in [4.69, 9.17) is 9.47 Å². The van der Waals surface area contributed by atoms with E-state index in [-0.39, 0.29) is 35.9 Å². The smallest absolute Gasteiger partial charge is 0.312 e. The number of alkyl halides is 1. The highest BCUT2D eigenvalue weighted by molar-refractivity contribution is 9.09. The van der Waals surface area contributed by atoms with Crippen molar-refractivity contribution in [3.63, 3.8) is 0 Å². The molecule has 3 aliphatic rings. The SMILES string of the molecule is C=CCOC(=O)[C@H]1[C@H]2C(=O)N(CCCCCO)C(C(=O)N(CC=C)C(C)CCC)C23CC(Br)[C@@H]1O3. The molecule has 2 amide bonds. The Bertz CT molecular complexity index is 822. The molecular weight excluding hydrogens is 516 g/mol. The average molecular weight is 556 g/mol. The molecule has 3 aliphatic heterocycles. The standard InChI is InChI=1S/C26H39BrN2O6/c1-5-11-17(4)28(12-6-2)24(32)22-26-16-18(27)21(35-26)19(25(33)34-15-7-3)20(26)23(31)29(22)13-9-8-10-14-30/h6-7,17-22,30H,2-3,5,8-16H2,1,4H3/t17?,18?,19-,20-,21-,22?,26?/m0/s1. The van der Waals surface area contributed by atoms with Crippen molar-refractivity contribution in [2.75, 3.05) is 26.3 Å². The van der Waals surface area contributed by atoms with E-state index in [9.17, 15) is 19.5 Å². The van der Waals surface area contributed by atoms with Crippen molar-refractivity contribution in [2.24, 2.45) is 11.8 Å². The summed E-state index contributed by atoms with van der Waals surface area (Å²) in [4.78, 5) is 44.4. The highest BCUT2D eigenvalue weighted by Crippen LogP contribution is 2.60. The third-order valence-electron chi connectivity index (χ3n) is 7.54. The van der Waals surface area contributed by atoms with Gasteiger partial charge in [0.1, 0.15) is 18.2 Å². The van der Waals surface area contributed by atoms with E-state index >= 15 is 0 Å². The van der Waals surface area contributed by atoms with Gasteiger partial charge in [0.05, 0.1) is 17.9 Å². The Morgan fingerprint density at radius 3 is 2.71 bits per heavy atom. The Morgan fingerprint density at radius 2 is 2.09 bits per heavy atom. The minimum absolute atomic E-state index is 0.0287. The summed E-state index contributed by atoms with van der Waals surface area (Å²) in [5, 5.41) is 9.17. The number of aliphatic hydroxyl groups is 1. The molecule has 2 bridgehead atoms. The zero-order valence-electron chi connectivity index (χ0n) is 20.9. The van der Waals surface area contributed by atoms with Crippen LogP contribution in [0.5, 0.6) is 0 Å². The van der Waals surface area contributed by atoms with Gasteiger partial charge in [-0.25, -0.2) is 0 Å². The van der Waals surface area contributed by atoms with Crippen LogP contribution in [0, 0.1) is 11.8 Å². The number of amides is 2. The van der Waals surface area contributed by atoms with Crippen LogP contribution in [-0.2, 0) is 23.9 Å². The highest BCUT2D eigenvalue weighted by atomic mass is 79.9. The van der Waals surface area contributed by atoms with Crippen LogP contribution in [0.1, 0.15) is 52.4 Å². The molecule has 9 heteroatoms. The molecule has 8 nitrogen and oxygen atoms in total. The van der Waals surface area contributed by atoms with E-state index in [1.165, 1.54) is 6.08 Å². The van der Waals surface area contributed by atoms with Crippen LogP contribution >= 0.6 is 15.9 Å². The molecule has 0 aromatic carbocycles. The molecule has 35 heavy (non-hydrogen) atoms. The van der Waals surface area contributed by atoms with E-state index in [2.05, 4.69) is 36.0 Å². The van der Waals surface area contributed by atoms with Crippen LogP contribution < -0.4 is 0 Å². The van der Waals surface area contributed by atoms with E-state index in [1.807, 2.05) is 6.92 Å². The molecule has 0 aliphatic carbocycles.